The molecule has 20 heavy (non-hydrogen) atoms. The van der Waals surface area contributed by atoms with Gasteiger partial charge in [0.05, 0.1) is 6.10 Å². The van der Waals surface area contributed by atoms with Crippen molar-refractivity contribution < 1.29 is 4.74 Å². The minimum absolute atomic E-state index is 0.101. The van der Waals surface area contributed by atoms with Crippen molar-refractivity contribution in [2.75, 3.05) is 11.9 Å². The Labute approximate surface area is 118 Å². The van der Waals surface area contributed by atoms with Gasteiger partial charge in [-0.15, -0.1) is 0 Å². The van der Waals surface area contributed by atoms with E-state index in [2.05, 4.69) is 30.5 Å². The summed E-state index contributed by atoms with van der Waals surface area (Å²) in [6.45, 7) is 6.64. The number of aryl methyl sites for hydroxylation is 2. The number of hydrogen-bond donors (Lipinski definition) is 2. The van der Waals surface area contributed by atoms with E-state index in [1.807, 2.05) is 26.8 Å². The highest BCUT2D eigenvalue weighted by Crippen LogP contribution is 2.13. The zero-order valence-electron chi connectivity index (χ0n) is 12.1. The first-order valence-electron chi connectivity index (χ1n) is 6.74. The van der Waals surface area contributed by atoms with Gasteiger partial charge in [0.2, 0.25) is 11.8 Å². The first-order chi connectivity index (χ1) is 9.63. The number of rotatable bonds is 7. The quantitative estimate of drug-likeness (QED) is 0.749. The van der Waals surface area contributed by atoms with Crippen LogP contribution in [0.15, 0.2) is 12.4 Å². The van der Waals surface area contributed by atoms with Gasteiger partial charge >= 0.3 is 0 Å². The number of aromatic amines is 1. The van der Waals surface area contributed by atoms with Gasteiger partial charge in [-0.3, -0.25) is 5.10 Å². The third-order valence-electron chi connectivity index (χ3n) is 2.53. The van der Waals surface area contributed by atoms with Gasteiger partial charge in [-0.1, -0.05) is 0 Å². The minimum atomic E-state index is 0.101. The van der Waals surface area contributed by atoms with Crippen molar-refractivity contribution in [3.05, 3.63) is 23.9 Å². The van der Waals surface area contributed by atoms with Crippen molar-refractivity contribution in [2.45, 2.75) is 39.7 Å². The van der Waals surface area contributed by atoms with Crippen molar-refractivity contribution in [3.63, 3.8) is 0 Å². The maximum absolute atomic E-state index is 5.59. The van der Waals surface area contributed by atoms with E-state index in [0.717, 1.165) is 30.9 Å². The number of nitrogens with zero attached hydrogens (tertiary/aromatic N) is 4. The van der Waals surface area contributed by atoms with Crippen LogP contribution in [0.2, 0.25) is 0 Å². The third-order valence-corrected chi connectivity index (χ3v) is 2.53. The molecule has 108 valence electrons. The molecule has 7 heteroatoms. The standard InChI is InChI=1S/C13H20N6O/c1-9(2)20-12-7-10(3)17-13(18-12)14-6-4-5-11-15-8-16-19-11/h7-9H,4-6H2,1-3H3,(H,14,17,18)(H,15,16,19). The van der Waals surface area contributed by atoms with Crippen molar-refractivity contribution >= 4 is 5.95 Å². The van der Waals surface area contributed by atoms with Crippen molar-refractivity contribution in [2.24, 2.45) is 0 Å². The maximum Gasteiger partial charge on any atom is 0.226 e. The van der Waals surface area contributed by atoms with Crippen LogP contribution >= 0.6 is 0 Å². The molecule has 0 radical (unpaired) electrons. The Morgan fingerprint density at radius 1 is 1.35 bits per heavy atom. The molecular formula is C13H20N6O. The van der Waals surface area contributed by atoms with Crippen LogP contribution in [0, 0.1) is 6.92 Å². The van der Waals surface area contributed by atoms with E-state index < -0.39 is 0 Å². The summed E-state index contributed by atoms with van der Waals surface area (Å²) >= 11 is 0. The maximum atomic E-state index is 5.59. The fraction of sp³-hybridized carbons (Fsp3) is 0.538. The number of hydrogen-bond acceptors (Lipinski definition) is 6. The molecule has 2 N–H and O–H groups in total. The van der Waals surface area contributed by atoms with Gasteiger partial charge in [-0.25, -0.2) is 9.97 Å². The molecule has 0 atom stereocenters. The van der Waals surface area contributed by atoms with E-state index in [9.17, 15) is 0 Å². The fourth-order valence-corrected chi connectivity index (χ4v) is 1.73. The van der Waals surface area contributed by atoms with E-state index in [1.54, 1.807) is 0 Å². The number of ether oxygens (including phenoxy) is 1. The second kappa shape index (κ2) is 6.83. The molecule has 2 aromatic rings. The zero-order chi connectivity index (χ0) is 14.4. The summed E-state index contributed by atoms with van der Waals surface area (Å²) < 4.78 is 5.59. The Balaban J connectivity index is 1.84. The lowest BCUT2D eigenvalue weighted by molar-refractivity contribution is 0.232. The molecule has 0 saturated carbocycles. The number of aromatic nitrogens is 5. The Kier molecular flexibility index (Phi) is 4.86. The summed E-state index contributed by atoms with van der Waals surface area (Å²) in [5, 5.41) is 9.84. The van der Waals surface area contributed by atoms with Crippen LogP contribution in [0.1, 0.15) is 31.8 Å². The van der Waals surface area contributed by atoms with E-state index in [4.69, 9.17) is 4.74 Å². The van der Waals surface area contributed by atoms with Crippen LogP contribution in [0.5, 0.6) is 5.88 Å². The average molecular weight is 276 g/mol. The molecule has 0 fully saturated rings. The van der Waals surface area contributed by atoms with Crippen LogP contribution in [0.3, 0.4) is 0 Å². The molecule has 7 nitrogen and oxygen atoms in total. The summed E-state index contributed by atoms with van der Waals surface area (Å²) in [6.07, 6.45) is 3.38. The molecule has 0 aliphatic rings. The van der Waals surface area contributed by atoms with Crippen molar-refractivity contribution in [1.29, 1.82) is 0 Å². The molecule has 0 bridgehead atoms. The zero-order valence-corrected chi connectivity index (χ0v) is 12.1. The van der Waals surface area contributed by atoms with Crippen LogP contribution in [0.25, 0.3) is 0 Å². The normalized spacial score (nSPS) is 10.8. The molecule has 2 aromatic heterocycles. The lowest BCUT2D eigenvalue weighted by Crippen LogP contribution is -2.11. The Bertz CT molecular complexity index is 526. The monoisotopic (exact) mass is 276 g/mol. The van der Waals surface area contributed by atoms with Crippen LogP contribution in [-0.2, 0) is 6.42 Å². The highest BCUT2D eigenvalue weighted by molar-refractivity contribution is 5.30. The summed E-state index contributed by atoms with van der Waals surface area (Å²) in [4.78, 5) is 12.7. The van der Waals surface area contributed by atoms with Crippen LogP contribution < -0.4 is 10.1 Å². The highest BCUT2D eigenvalue weighted by atomic mass is 16.5. The van der Waals surface area contributed by atoms with Gasteiger partial charge < -0.3 is 10.1 Å². The second-order valence-corrected chi connectivity index (χ2v) is 4.80. The molecule has 2 rings (SSSR count). The topological polar surface area (TPSA) is 88.6 Å². The predicted octanol–water partition coefficient (Wildman–Crippen LogP) is 1.74. The summed E-state index contributed by atoms with van der Waals surface area (Å²) in [5.41, 5.74) is 0.883. The van der Waals surface area contributed by atoms with Gasteiger partial charge in [0.15, 0.2) is 0 Å². The fourth-order valence-electron chi connectivity index (χ4n) is 1.73. The lowest BCUT2D eigenvalue weighted by Gasteiger charge is -2.11. The molecule has 0 aromatic carbocycles. The van der Waals surface area contributed by atoms with Crippen molar-refractivity contribution in [3.8, 4) is 5.88 Å². The minimum Gasteiger partial charge on any atom is -0.475 e. The SMILES string of the molecule is Cc1cc(OC(C)C)nc(NCCCc2ncn[nH]2)n1. The van der Waals surface area contributed by atoms with Crippen molar-refractivity contribution in [1.82, 2.24) is 25.1 Å². The van der Waals surface area contributed by atoms with Gasteiger partial charge in [-0.05, 0) is 27.2 Å². The summed E-state index contributed by atoms with van der Waals surface area (Å²) in [6, 6.07) is 1.83. The van der Waals surface area contributed by atoms with E-state index in [0.29, 0.717) is 11.8 Å². The smallest absolute Gasteiger partial charge is 0.226 e. The summed E-state index contributed by atoms with van der Waals surface area (Å²) in [5.74, 6) is 2.09. The van der Waals surface area contributed by atoms with Gasteiger partial charge in [0.25, 0.3) is 0 Å². The molecule has 0 amide bonds. The number of nitrogens with one attached hydrogen (secondary N) is 2. The number of anilines is 1. The van der Waals surface area contributed by atoms with Crippen LogP contribution in [-0.4, -0.2) is 37.8 Å². The first-order valence-corrected chi connectivity index (χ1v) is 6.74. The lowest BCUT2D eigenvalue weighted by atomic mass is 10.3. The van der Waals surface area contributed by atoms with Crippen LogP contribution in [0.4, 0.5) is 5.95 Å². The largest absolute Gasteiger partial charge is 0.475 e. The first kappa shape index (κ1) is 14.2. The number of H-pyrrole nitrogens is 1. The second-order valence-electron chi connectivity index (χ2n) is 4.80. The van der Waals surface area contributed by atoms with E-state index in [1.165, 1.54) is 6.33 Å². The third kappa shape index (κ3) is 4.49. The average Bonchev–Trinajstić information content (AvgIpc) is 2.86. The molecule has 0 spiro atoms. The molecule has 0 aliphatic carbocycles. The van der Waals surface area contributed by atoms with Gasteiger partial charge in [-0.2, -0.15) is 10.1 Å². The van der Waals surface area contributed by atoms with Gasteiger partial charge in [0, 0.05) is 24.7 Å². The Morgan fingerprint density at radius 3 is 2.90 bits per heavy atom. The summed E-state index contributed by atoms with van der Waals surface area (Å²) in [7, 11) is 0. The molecule has 0 unspecified atom stereocenters. The molecule has 0 aliphatic heterocycles. The molecule has 0 saturated heterocycles. The Hall–Kier alpha value is -2.18. The van der Waals surface area contributed by atoms with E-state index >= 15 is 0 Å². The van der Waals surface area contributed by atoms with E-state index in [-0.39, 0.29) is 6.10 Å². The molecular weight excluding hydrogens is 256 g/mol. The highest BCUT2D eigenvalue weighted by Gasteiger charge is 2.05. The predicted molar refractivity (Wildman–Crippen MR) is 75.7 cm³/mol. The Morgan fingerprint density at radius 2 is 2.20 bits per heavy atom. The molecule has 2 heterocycles. The van der Waals surface area contributed by atoms with Gasteiger partial charge in [0.1, 0.15) is 12.2 Å².